The van der Waals surface area contributed by atoms with Crippen LogP contribution in [-0.4, -0.2) is 25.8 Å². The van der Waals surface area contributed by atoms with E-state index < -0.39 is 0 Å². The van der Waals surface area contributed by atoms with Crippen molar-refractivity contribution in [2.75, 3.05) is 13.6 Å². The predicted octanol–water partition coefficient (Wildman–Crippen LogP) is 2.05. The molecule has 0 amide bonds. The molecule has 0 aliphatic carbocycles. The van der Waals surface area contributed by atoms with Gasteiger partial charge < -0.3 is 10.1 Å². The summed E-state index contributed by atoms with van der Waals surface area (Å²) in [6, 6.07) is 0. The fraction of sp³-hybridized carbons (Fsp3) is 1.00. The summed E-state index contributed by atoms with van der Waals surface area (Å²) in [5.41, 5.74) is 0. The van der Waals surface area contributed by atoms with Crippen molar-refractivity contribution in [3.8, 4) is 0 Å². The van der Waals surface area contributed by atoms with Crippen molar-refractivity contribution in [2.45, 2.75) is 46.8 Å². The molecular formula is C9H23NO. The molecule has 0 aliphatic rings. The molecule has 1 N–H and O–H groups in total. The second-order valence-corrected chi connectivity index (χ2v) is 2.55. The van der Waals surface area contributed by atoms with E-state index in [0.29, 0.717) is 12.2 Å². The molecule has 0 saturated carbocycles. The highest BCUT2D eigenvalue weighted by Crippen LogP contribution is 1.94. The third-order valence-corrected chi connectivity index (χ3v) is 0.996. The summed E-state index contributed by atoms with van der Waals surface area (Å²) in [6.07, 6.45) is 0.670. The van der Waals surface area contributed by atoms with E-state index in [1.165, 1.54) is 0 Å². The van der Waals surface area contributed by atoms with Gasteiger partial charge in [0, 0.05) is 6.54 Å². The lowest BCUT2D eigenvalue weighted by atomic mass is 10.4. The van der Waals surface area contributed by atoms with Crippen LogP contribution >= 0.6 is 0 Å². The van der Waals surface area contributed by atoms with Gasteiger partial charge in [0.25, 0.3) is 0 Å². The van der Waals surface area contributed by atoms with E-state index in [0.717, 1.165) is 6.54 Å². The van der Waals surface area contributed by atoms with E-state index in [2.05, 4.69) is 12.2 Å². The van der Waals surface area contributed by atoms with Crippen LogP contribution in [-0.2, 0) is 4.74 Å². The molecule has 70 valence electrons. The van der Waals surface area contributed by atoms with Crippen molar-refractivity contribution < 1.29 is 4.74 Å². The summed E-state index contributed by atoms with van der Waals surface area (Å²) in [6.45, 7) is 11.1. The van der Waals surface area contributed by atoms with E-state index in [1.54, 1.807) is 0 Å². The molecule has 0 spiro atoms. The maximum Gasteiger partial charge on any atom is 0.0674 e. The number of rotatable bonds is 4. The Labute approximate surface area is 71.3 Å². The Balaban J connectivity index is 0. The quantitative estimate of drug-likeness (QED) is 0.681. The number of ether oxygens (including phenoxy) is 1. The molecule has 1 atom stereocenters. The summed E-state index contributed by atoms with van der Waals surface area (Å²) in [7, 11) is 1.93. The molecule has 0 aromatic rings. The van der Waals surface area contributed by atoms with Gasteiger partial charge in [-0.3, -0.25) is 0 Å². The minimum atomic E-state index is 0.329. The van der Waals surface area contributed by atoms with Crippen LogP contribution in [0, 0.1) is 0 Å². The van der Waals surface area contributed by atoms with Crippen LogP contribution < -0.4 is 5.32 Å². The smallest absolute Gasteiger partial charge is 0.0674 e. The number of hydrogen-bond acceptors (Lipinski definition) is 2. The van der Waals surface area contributed by atoms with Gasteiger partial charge in [0.15, 0.2) is 0 Å². The Morgan fingerprint density at radius 1 is 1.18 bits per heavy atom. The van der Waals surface area contributed by atoms with Crippen molar-refractivity contribution in [1.29, 1.82) is 0 Å². The normalized spacial score (nSPS) is 12.3. The van der Waals surface area contributed by atoms with Gasteiger partial charge in [-0.2, -0.15) is 0 Å². The Bertz CT molecular complexity index is 64.6. The van der Waals surface area contributed by atoms with Gasteiger partial charge in [-0.05, 0) is 27.8 Å². The maximum absolute atomic E-state index is 5.43. The summed E-state index contributed by atoms with van der Waals surface area (Å²) in [5.74, 6) is 0. The second kappa shape index (κ2) is 9.92. The topological polar surface area (TPSA) is 21.3 Å². The second-order valence-electron chi connectivity index (χ2n) is 2.55. The molecule has 0 aromatic carbocycles. The third kappa shape index (κ3) is 13.0. The lowest BCUT2D eigenvalue weighted by molar-refractivity contribution is 0.0206. The predicted molar refractivity (Wildman–Crippen MR) is 51.0 cm³/mol. The Kier molecular flexibility index (Phi) is 12.2. The fourth-order valence-corrected chi connectivity index (χ4v) is 0.800. The van der Waals surface area contributed by atoms with E-state index >= 15 is 0 Å². The van der Waals surface area contributed by atoms with Gasteiger partial charge in [-0.1, -0.05) is 13.8 Å². The van der Waals surface area contributed by atoms with Crippen LogP contribution in [0.3, 0.4) is 0 Å². The zero-order valence-corrected chi connectivity index (χ0v) is 8.77. The monoisotopic (exact) mass is 161 g/mol. The van der Waals surface area contributed by atoms with Crippen LogP contribution in [0.2, 0.25) is 0 Å². The summed E-state index contributed by atoms with van der Waals surface area (Å²) in [5, 5.41) is 3.05. The van der Waals surface area contributed by atoms with E-state index in [-0.39, 0.29) is 0 Å². The molecule has 0 bridgehead atoms. The van der Waals surface area contributed by atoms with E-state index in [9.17, 15) is 0 Å². The number of hydrogen-bond donors (Lipinski definition) is 1. The zero-order chi connectivity index (χ0) is 9.28. The minimum Gasteiger partial charge on any atom is -0.375 e. The highest BCUT2D eigenvalue weighted by atomic mass is 16.5. The average Bonchev–Trinajstić information content (AvgIpc) is 1.91. The molecule has 11 heavy (non-hydrogen) atoms. The molecule has 0 radical (unpaired) electrons. The first-order chi connectivity index (χ1) is 5.16. The van der Waals surface area contributed by atoms with Crippen LogP contribution in [0.25, 0.3) is 0 Å². The SMILES string of the molecule is CC.CNCC(C)OC(C)C. The van der Waals surface area contributed by atoms with Crippen molar-refractivity contribution in [3.05, 3.63) is 0 Å². The Morgan fingerprint density at radius 2 is 1.64 bits per heavy atom. The highest BCUT2D eigenvalue weighted by molar-refractivity contribution is 4.52. The standard InChI is InChI=1S/C7H17NO.C2H6/c1-6(2)9-7(3)5-8-4;1-2/h6-8H,5H2,1-4H3;1-2H3. The Morgan fingerprint density at radius 3 is 1.91 bits per heavy atom. The average molecular weight is 161 g/mol. The third-order valence-electron chi connectivity index (χ3n) is 0.996. The van der Waals surface area contributed by atoms with Gasteiger partial charge in [-0.15, -0.1) is 0 Å². The molecule has 2 heteroatoms. The molecular weight excluding hydrogens is 138 g/mol. The van der Waals surface area contributed by atoms with Crippen LogP contribution in [0.15, 0.2) is 0 Å². The fourth-order valence-electron chi connectivity index (χ4n) is 0.800. The first kappa shape index (κ1) is 13.5. The lowest BCUT2D eigenvalue weighted by Crippen LogP contribution is -2.25. The summed E-state index contributed by atoms with van der Waals surface area (Å²) in [4.78, 5) is 0. The molecule has 0 heterocycles. The molecule has 1 unspecified atom stereocenters. The molecule has 0 aromatic heterocycles. The number of nitrogens with one attached hydrogen (secondary N) is 1. The first-order valence-electron chi connectivity index (χ1n) is 4.47. The van der Waals surface area contributed by atoms with Gasteiger partial charge in [0.2, 0.25) is 0 Å². The largest absolute Gasteiger partial charge is 0.375 e. The van der Waals surface area contributed by atoms with Crippen molar-refractivity contribution in [3.63, 3.8) is 0 Å². The lowest BCUT2D eigenvalue weighted by Gasteiger charge is -2.14. The van der Waals surface area contributed by atoms with E-state index in [1.807, 2.05) is 34.7 Å². The molecule has 0 aliphatic heterocycles. The molecule has 0 fully saturated rings. The zero-order valence-electron chi connectivity index (χ0n) is 8.77. The van der Waals surface area contributed by atoms with Gasteiger partial charge in [-0.25, -0.2) is 0 Å². The van der Waals surface area contributed by atoms with Crippen LogP contribution in [0.4, 0.5) is 0 Å². The summed E-state index contributed by atoms with van der Waals surface area (Å²) >= 11 is 0. The Hall–Kier alpha value is -0.0800. The van der Waals surface area contributed by atoms with Crippen molar-refractivity contribution in [1.82, 2.24) is 5.32 Å². The minimum absolute atomic E-state index is 0.329. The highest BCUT2D eigenvalue weighted by Gasteiger charge is 2.01. The molecule has 0 rings (SSSR count). The van der Waals surface area contributed by atoms with E-state index in [4.69, 9.17) is 4.74 Å². The summed E-state index contributed by atoms with van der Waals surface area (Å²) < 4.78 is 5.43. The van der Waals surface area contributed by atoms with Crippen LogP contribution in [0.1, 0.15) is 34.6 Å². The molecule has 2 nitrogen and oxygen atoms in total. The van der Waals surface area contributed by atoms with Crippen molar-refractivity contribution in [2.24, 2.45) is 0 Å². The van der Waals surface area contributed by atoms with Gasteiger partial charge >= 0.3 is 0 Å². The number of likely N-dealkylation sites (N-methyl/N-ethyl adjacent to an activating group) is 1. The first-order valence-corrected chi connectivity index (χ1v) is 4.47. The van der Waals surface area contributed by atoms with Crippen molar-refractivity contribution >= 4 is 0 Å². The van der Waals surface area contributed by atoms with Crippen LogP contribution in [0.5, 0.6) is 0 Å². The van der Waals surface area contributed by atoms with Gasteiger partial charge in [0.05, 0.1) is 12.2 Å². The molecule has 0 saturated heterocycles. The maximum atomic E-state index is 5.43. The van der Waals surface area contributed by atoms with Gasteiger partial charge in [0.1, 0.15) is 0 Å².